The van der Waals surface area contributed by atoms with E-state index >= 15 is 0 Å². The van der Waals surface area contributed by atoms with Crippen LogP contribution in [0.15, 0.2) is 12.2 Å². The molecule has 0 unspecified atom stereocenters. The van der Waals surface area contributed by atoms with Gasteiger partial charge in [-0.25, -0.2) is 0 Å². The van der Waals surface area contributed by atoms with Gasteiger partial charge in [-0.15, -0.1) is 0 Å². The van der Waals surface area contributed by atoms with Crippen molar-refractivity contribution in [1.82, 2.24) is 4.90 Å². The fourth-order valence-electron chi connectivity index (χ4n) is 2.00. The summed E-state index contributed by atoms with van der Waals surface area (Å²) < 4.78 is 0. The molecule has 0 aromatic carbocycles. The van der Waals surface area contributed by atoms with Gasteiger partial charge in [0.05, 0.1) is 0 Å². The van der Waals surface area contributed by atoms with E-state index in [0.717, 1.165) is 0 Å². The zero-order valence-electron chi connectivity index (χ0n) is 11.8. The molecule has 0 saturated carbocycles. The summed E-state index contributed by atoms with van der Waals surface area (Å²) in [6, 6.07) is 0.706. The number of unbranched alkanes of at least 4 members (excludes halogenated alkanes) is 4. The lowest BCUT2D eigenvalue weighted by molar-refractivity contribution is 0.228. The molecule has 0 saturated heterocycles. The molecule has 0 spiro atoms. The second-order valence-corrected chi connectivity index (χ2v) is 4.80. The molecule has 16 heavy (non-hydrogen) atoms. The number of hydrogen-bond donors (Lipinski definition) is 0. The molecule has 0 aliphatic heterocycles. The first kappa shape index (κ1) is 15.7. The first-order chi connectivity index (χ1) is 7.72. The fourth-order valence-corrected chi connectivity index (χ4v) is 2.00. The Labute approximate surface area is 103 Å². The monoisotopic (exact) mass is 225 g/mol. The Hall–Kier alpha value is -0.300. The summed E-state index contributed by atoms with van der Waals surface area (Å²) in [5.41, 5.74) is 0. The number of rotatable bonds is 10. The van der Waals surface area contributed by atoms with E-state index in [2.05, 4.69) is 44.7 Å². The van der Waals surface area contributed by atoms with Crippen LogP contribution in [-0.2, 0) is 0 Å². The van der Waals surface area contributed by atoms with Gasteiger partial charge in [0, 0.05) is 6.04 Å². The third kappa shape index (κ3) is 8.96. The molecular formula is C15H31N. The summed E-state index contributed by atoms with van der Waals surface area (Å²) >= 11 is 0. The van der Waals surface area contributed by atoms with Crippen molar-refractivity contribution in [2.75, 3.05) is 13.1 Å². The van der Waals surface area contributed by atoms with Crippen molar-refractivity contribution in [2.24, 2.45) is 0 Å². The summed E-state index contributed by atoms with van der Waals surface area (Å²) in [6.07, 6.45) is 12.6. The third-order valence-electron chi connectivity index (χ3n) is 3.10. The maximum absolute atomic E-state index is 2.55. The SMILES string of the molecule is CC/C=C/CCCCCCN(CC)C(C)C. The van der Waals surface area contributed by atoms with Crippen LogP contribution in [0.2, 0.25) is 0 Å². The molecule has 1 nitrogen and oxygen atoms in total. The quantitative estimate of drug-likeness (QED) is 0.387. The third-order valence-corrected chi connectivity index (χ3v) is 3.10. The van der Waals surface area contributed by atoms with Crippen LogP contribution >= 0.6 is 0 Å². The molecule has 0 rings (SSSR count). The van der Waals surface area contributed by atoms with E-state index in [1.54, 1.807) is 0 Å². The van der Waals surface area contributed by atoms with Crippen molar-refractivity contribution in [2.45, 2.75) is 72.3 Å². The van der Waals surface area contributed by atoms with Crippen LogP contribution in [-0.4, -0.2) is 24.0 Å². The van der Waals surface area contributed by atoms with Crippen molar-refractivity contribution in [3.05, 3.63) is 12.2 Å². The lowest BCUT2D eigenvalue weighted by Crippen LogP contribution is -2.31. The smallest absolute Gasteiger partial charge is 0.00384 e. The Morgan fingerprint density at radius 1 is 0.938 bits per heavy atom. The normalized spacial score (nSPS) is 12.1. The molecular weight excluding hydrogens is 194 g/mol. The summed E-state index contributed by atoms with van der Waals surface area (Å²) in [7, 11) is 0. The van der Waals surface area contributed by atoms with E-state index in [1.807, 2.05) is 0 Å². The molecule has 1 heteroatoms. The molecule has 0 heterocycles. The minimum absolute atomic E-state index is 0.706. The number of allylic oxidation sites excluding steroid dienone is 2. The Balaban J connectivity index is 3.29. The molecule has 96 valence electrons. The van der Waals surface area contributed by atoms with E-state index in [4.69, 9.17) is 0 Å². The predicted octanol–water partition coefficient (Wildman–Crippen LogP) is 4.63. The van der Waals surface area contributed by atoms with Crippen molar-refractivity contribution >= 4 is 0 Å². The summed E-state index contributed by atoms with van der Waals surface area (Å²) in [6.45, 7) is 11.5. The Morgan fingerprint density at radius 3 is 2.19 bits per heavy atom. The van der Waals surface area contributed by atoms with Crippen LogP contribution in [0.3, 0.4) is 0 Å². The molecule has 0 aliphatic carbocycles. The standard InChI is InChI=1S/C15H31N/c1-5-7-8-9-10-11-12-13-14-16(6-2)15(3)4/h7-8,15H,5-6,9-14H2,1-4H3/b8-7+. The van der Waals surface area contributed by atoms with Crippen molar-refractivity contribution in [1.29, 1.82) is 0 Å². The molecule has 0 aromatic heterocycles. The summed E-state index contributed by atoms with van der Waals surface area (Å²) in [5.74, 6) is 0. The number of hydrogen-bond acceptors (Lipinski definition) is 1. The maximum Gasteiger partial charge on any atom is 0.00384 e. The topological polar surface area (TPSA) is 3.24 Å². The lowest BCUT2D eigenvalue weighted by atomic mass is 10.1. The zero-order chi connectivity index (χ0) is 12.2. The Kier molecular flexibility index (Phi) is 11.0. The molecule has 0 amide bonds. The largest absolute Gasteiger partial charge is 0.301 e. The van der Waals surface area contributed by atoms with Gasteiger partial charge < -0.3 is 4.90 Å². The molecule has 0 atom stereocenters. The maximum atomic E-state index is 2.55. The van der Waals surface area contributed by atoms with E-state index in [-0.39, 0.29) is 0 Å². The first-order valence-electron chi connectivity index (χ1n) is 7.11. The average Bonchev–Trinajstić information content (AvgIpc) is 2.26. The van der Waals surface area contributed by atoms with Gasteiger partial charge >= 0.3 is 0 Å². The van der Waals surface area contributed by atoms with Crippen molar-refractivity contribution < 1.29 is 0 Å². The van der Waals surface area contributed by atoms with Crippen molar-refractivity contribution in [3.8, 4) is 0 Å². The minimum atomic E-state index is 0.706. The van der Waals surface area contributed by atoms with Gasteiger partial charge in [0.25, 0.3) is 0 Å². The Bertz CT molecular complexity index is 161. The molecule has 0 N–H and O–H groups in total. The molecule has 0 fully saturated rings. The van der Waals surface area contributed by atoms with Crippen LogP contribution in [0.4, 0.5) is 0 Å². The van der Waals surface area contributed by atoms with Crippen LogP contribution in [0.1, 0.15) is 66.2 Å². The van der Waals surface area contributed by atoms with Gasteiger partial charge in [-0.2, -0.15) is 0 Å². The van der Waals surface area contributed by atoms with Crippen LogP contribution in [0.25, 0.3) is 0 Å². The lowest BCUT2D eigenvalue weighted by Gasteiger charge is -2.24. The Morgan fingerprint density at radius 2 is 1.62 bits per heavy atom. The minimum Gasteiger partial charge on any atom is -0.301 e. The molecule has 0 bridgehead atoms. The number of nitrogens with zero attached hydrogens (tertiary/aromatic N) is 1. The highest BCUT2D eigenvalue weighted by molar-refractivity contribution is 4.79. The van der Waals surface area contributed by atoms with Gasteiger partial charge in [0.2, 0.25) is 0 Å². The fraction of sp³-hybridized carbons (Fsp3) is 0.867. The van der Waals surface area contributed by atoms with E-state index < -0.39 is 0 Å². The average molecular weight is 225 g/mol. The van der Waals surface area contributed by atoms with E-state index in [0.29, 0.717) is 6.04 Å². The summed E-state index contributed by atoms with van der Waals surface area (Å²) in [4.78, 5) is 2.55. The predicted molar refractivity (Wildman–Crippen MR) is 74.9 cm³/mol. The van der Waals surface area contributed by atoms with Gasteiger partial charge in [0.1, 0.15) is 0 Å². The second-order valence-electron chi connectivity index (χ2n) is 4.80. The van der Waals surface area contributed by atoms with Crippen LogP contribution in [0, 0.1) is 0 Å². The van der Waals surface area contributed by atoms with Gasteiger partial charge in [-0.1, -0.05) is 38.8 Å². The van der Waals surface area contributed by atoms with Gasteiger partial charge in [-0.3, -0.25) is 0 Å². The molecule has 0 radical (unpaired) electrons. The van der Waals surface area contributed by atoms with Gasteiger partial charge in [0.15, 0.2) is 0 Å². The second kappa shape index (κ2) is 11.2. The van der Waals surface area contributed by atoms with Crippen LogP contribution < -0.4 is 0 Å². The van der Waals surface area contributed by atoms with Gasteiger partial charge in [-0.05, 0) is 52.6 Å². The summed E-state index contributed by atoms with van der Waals surface area (Å²) in [5, 5.41) is 0. The van der Waals surface area contributed by atoms with E-state index in [1.165, 1.54) is 51.6 Å². The molecule has 0 aliphatic rings. The van der Waals surface area contributed by atoms with E-state index in [9.17, 15) is 0 Å². The van der Waals surface area contributed by atoms with Crippen molar-refractivity contribution in [3.63, 3.8) is 0 Å². The molecule has 0 aromatic rings. The highest BCUT2D eigenvalue weighted by atomic mass is 15.1. The highest BCUT2D eigenvalue weighted by Crippen LogP contribution is 2.06. The highest BCUT2D eigenvalue weighted by Gasteiger charge is 2.04. The van der Waals surface area contributed by atoms with Crippen LogP contribution in [0.5, 0.6) is 0 Å². The first-order valence-corrected chi connectivity index (χ1v) is 7.11. The zero-order valence-corrected chi connectivity index (χ0v) is 11.8.